The van der Waals surface area contributed by atoms with E-state index in [2.05, 4.69) is 20.5 Å². The van der Waals surface area contributed by atoms with E-state index in [1.165, 1.54) is 19.0 Å². The van der Waals surface area contributed by atoms with E-state index in [0.717, 1.165) is 24.2 Å². The minimum atomic E-state index is -0.215. The van der Waals surface area contributed by atoms with Gasteiger partial charge in [0.15, 0.2) is 5.65 Å². The second-order valence-corrected chi connectivity index (χ2v) is 5.93. The SMILES string of the molecule is Cc1c(NC(=O)c2cnn3cccnc23)cnn1C1CCCC1. The minimum absolute atomic E-state index is 0.215. The average molecular weight is 310 g/mol. The van der Waals surface area contributed by atoms with Crippen molar-refractivity contribution >= 4 is 17.2 Å². The zero-order valence-corrected chi connectivity index (χ0v) is 12.9. The Morgan fingerprint density at radius 3 is 2.91 bits per heavy atom. The Bertz CT molecular complexity index is 858. The molecular formula is C16H18N6O. The molecule has 1 fully saturated rings. The highest BCUT2D eigenvalue weighted by Crippen LogP contribution is 2.31. The molecule has 7 heteroatoms. The van der Waals surface area contributed by atoms with Gasteiger partial charge in [0, 0.05) is 12.4 Å². The van der Waals surface area contributed by atoms with Gasteiger partial charge in [-0.3, -0.25) is 9.48 Å². The van der Waals surface area contributed by atoms with Crippen molar-refractivity contribution in [1.29, 1.82) is 0 Å². The summed E-state index contributed by atoms with van der Waals surface area (Å²) in [5.41, 5.74) is 2.75. The van der Waals surface area contributed by atoms with E-state index in [-0.39, 0.29) is 5.91 Å². The van der Waals surface area contributed by atoms with Gasteiger partial charge in [0.05, 0.1) is 29.8 Å². The molecule has 23 heavy (non-hydrogen) atoms. The smallest absolute Gasteiger partial charge is 0.261 e. The molecule has 0 spiro atoms. The highest BCUT2D eigenvalue weighted by molar-refractivity contribution is 6.08. The van der Waals surface area contributed by atoms with E-state index in [1.54, 1.807) is 29.2 Å². The lowest BCUT2D eigenvalue weighted by molar-refractivity contribution is 0.102. The molecule has 0 aromatic carbocycles. The molecule has 118 valence electrons. The van der Waals surface area contributed by atoms with Crippen molar-refractivity contribution in [3.8, 4) is 0 Å². The Morgan fingerprint density at radius 1 is 1.26 bits per heavy atom. The summed E-state index contributed by atoms with van der Waals surface area (Å²) in [7, 11) is 0. The first-order valence-corrected chi connectivity index (χ1v) is 7.88. The van der Waals surface area contributed by atoms with E-state index in [1.807, 2.05) is 11.6 Å². The van der Waals surface area contributed by atoms with Crippen molar-refractivity contribution in [3.63, 3.8) is 0 Å². The molecule has 1 aliphatic carbocycles. The number of fused-ring (bicyclic) bond motifs is 1. The predicted molar refractivity (Wildman–Crippen MR) is 85.4 cm³/mol. The lowest BCUT2D eigenvalue weighted by Gasteiger charge is -2.12. The number of hydrogen-bond acceptors (Lipinski definition) is 4. The summed E-state index contributed by atoms with van der Waals surface area (Å²) in [6.45, 7) is 2.00. The molecule has 0 saturated heterocycles. The van der Waals surface area contributed by atoms with Gasteiger partial charge < -0.3 is 5.32 Å². The Hall–Kier alpha value is -2.70. The number of amides is 1. The fourth-order valence-electron chi connectivity index (χ4n) is 3.24. The molecule has 3 aromatic rings. The van der Waals surface area contributed by atoms with E-state index in [9.17, 15) is 4.79 Å². The van der Waals surface area contributed by atoms with Gasteiger partial charge in [-0.1, -0.05) is 12.8 Å². The van der Waals surface area contributed by atoms with Crippen molar-refractivity contribution in [3.05, 3.63) is 42.1 Å². The van der Waals surface area contributed by atoms with Crippen molar-refractivity contribution in [2.45, 2.75) is 38.6 Å². The zero-order valence-electron chi connectivity index (χ0n) is 12.9. The molecular weight excluding hydrogens is 292 g/mol. The number of nitrogens with zero attached hydrogens (tertiary/aromatic N) is 5. The van der Waals surface area contributed by atoms with Gasteiger partial charge in [-0.05, 0) is 25.8 Å². The monoisotopic (exact) mass is 310 g/mol. The highest BCUT2D eigenvalue weighted by Gasteiger charge is 2.22. The number of aromatic nitrogens is 5. The van der Waals surface area contributed by atoms with Crippen molar-refractivity contribution < 1.29 is 4.79 Å². The third-order valence-electron chi connectivity index (χ3n) is 4.49. The number of carbonyl (C=O) groups excluding carboxylic acids is 1. The average Bonchev–Trinajstić information content (AvgIpc) is 3.28. The van der Waals surface area contributed by atoms with Gasteiger partial charge in [0.2, 0.25) is 0 Å². The van der Waals surface area contributed by atoms with Crippen LogP contribution in [0, 0.1) is 6.92 Å². The summed E-state index contributed by atoms with van der Waals surface area (Å²) in [5.74, 6) is -0.215. The topological polar surface area (TPSA) is 77.1 Å². The Labute approximate surface area is 133 Å². The van der Waals surface area contributed by atoms with E-state index >= 15 is 0 Å². The van der Waals surface area contributed by atoms with Crippen LogP contribution in [0.5, 0.6) is 0 Å². The predicted octanol–water partition coefficient (Wildman–Crippen LogP) is 2.60. The maximum Gasteiger partial charge on any atom is 0.261 e. The first-order chi connectivity index (χ1) is 11.2. The Balaban J connectivity index is 1.59. The van der Waals surface area contributed by atoms with Crippen molar-refractivity contribution in [2.75, 3.05) is 5.32 Å². The van der Waals surface area contributed by atoms with Crippen LogP contribution in [0.1, 0.15) is 47.8 Å². The number of nitrogens with one attached hydrogen (secondary N) is 1. The third-order valence-corrected chi connectivity index (χ3v) is 4.49. The Kier molecular flexibility index (Phi) is 3.33. The molecule has 3 aromatic heterocycles. The first kappa shape index (κ1) is 13.9. The maximum atomic E-state index is 12.5. The van der Waals surface area contributed by atoms with Crippen LogP contribution in [0.2, 0.25) is 0 Å². The number of carbonyl (C=O) groups is 1. The van der Waals surface area contributed by atoms with E-state index in [4.69, 9.17) is 0 Å². The molecule has 0 bridgehead atoms. The van der Waals surface area contributed by atoms with Crippen LogP contribution in [-0.2, 0) is 0 Å². The minimum Gasteiger partial charge on any atom is -0.319 e. The molecule has 0 atom stereocenters. The summed E-state index contributed by atoms with van der Waals surface area (Å²) in [5, 5.41) is 11.5. The highest BCUT2D eigenvalue weighted by atomic mass is 16.1. The van der Waals surface area contributed by atoms with Crippen molar-refractivity contribution in [1.82, 2.24) is 24.4 Å². The molecule has 1 saturated carbocycles. The summed E-state index contributed by atoms with van der Waals surface area (Å²) < 4.78 is 3.63. The van der Waals surface area contributed by atoms with Crippen LogP contribution >= 0.6 is 0 Å². The molecule has 4 rings (SSSR count). The molecule has 0 unspecified atom stereocenters. The fourth-order valence-corrected chi connectivity index (χ4v) is 3.24. The lowest BCUT2D eigenvalue weighted by Crippen LogP contribution is -2.13. The van der Waals surface area contributed by atoms with Crippen LogP contribution in [0.25, 0.3) is 5.65 Å². The third kappa shape index (κ3) is 2.38. The molecule has 1 amide bonds. The summed E-state index contributed by atoms with van der Waals surface area (Å²) >= 11 is 0. The maximum absolute atomic E-state index is 12.5. The van der Waals surface area contributed by atoms with Gasteiger partial charge in [0.1, 0.15) is 5.56 Å². The molecule has 3 heterocycles. The van der Waals surface area contributed by atoms with Crippen LogP contribution in [0.15, 0.2) is 30.9 Å². The van der Waals surface area contributed by atoms with E-state index in [0.29, 0.717) is 17.3 Å². The summed E-state index contributed by atoms with van der Waals surface area (Å²) in [6, 6.07) is 2.23. The standard InChI is InChI=1S/C16H18N6O/c1-11-14(10-19-22(11)12-5-2-3-6-12)20-16(23)13-9-18-21-8-4-7-17-15(13)21/h4,7-10,12H,2-3,5-6H2,1H3,(H,20,23). The number of hydrogen-bond donors (Lipinski definition) is 1. The first-order valence-electron chi connectivity index (χ1n) is 7.88. The van der Waals surface area contributed by atoms with Gasteiger partial charge in [0.25, 0.3) is 5.91 Å². The lowest BCUT2D eigenvalue weighted by atomic mass is 10.2. The summed E-state index contributed by atoms with van der Waals surface area (Å²) in [4.78, 5) is 16.7. The zero-order chi connectivity index (χ0) is 15.8. The molecule has 1 N–H and O–H groups in total. The van der Waals surface area contributed by atoms with Crippen LogP contribution in [-0.4, -0.2) is 30.3 Å². The Morgan fingerprint density at radius 2 is 2.09 bits per heavy atom. The normalized spacial score (nSPS) is 15.3. The largest absolute Gasteiger partial charge is 0.319 e. The quantitative estimate of drug-likeness (QED) is 0.806. The molecule has 0 aliphatic heterocycles. The molecule has 1 aliphatic rings. The van der Waals surface area contributed by atoms with Gasteiger partial charge in [-0.15, -0.1) is 0 Å². The van der Waals surface area contributed by atoms with Crippen LogP contribution in [0.3, 0.4) is 0 Å². The van der Waals surface area contributed by atoms with Gasteiger partial charge >= 0.3 is 0 Å². The second-order valence-electron chi connectivity index (χ2n) is 5.93. The number of anilines is 1. The van der Waals surface area contributed by atoms with Crippen LogP contribution < -0.4 is 5.32 Å². The number of rotatable bonds is 3. The molecule has 7 nitrogen and oxygen atoms in total. The molecule has 0 radical (unpaired) electrons. The van der Waals surface area contributed by atoms with E-state index < -0.39 is 0 Å². The second kappa shape index (κ2) is 5.49. The van der Waals surface area contributed by atoms with Crippen molar-refractivity contribution in [2.24, 2.45) is 0 Å². The fraction of sp³-hybridized carbons (Fsp3) is 0.375. The van der Waals surface area contributed by atoms with Gasteiger partial charge in [-0.25, -0.2) is 9.50 Å². The van der Waals surface area contributed by atoms with Gasteiger partial charge in [-0.2, -0.15) is 10.2 Å². The van der Waals surface area contributed by atoms with Crippen LogP contribution in [0.4, 0.5) is 5.69 Å². The summed E-state index contributed by atoms with van der Waals surface area (Å²) in [6.07, 6.45) is 11.5.